The summed E-state index contributed by atoms with van der Waals surface area (Å²) >= 11 is 0. The van der Waals surface area contributed by atoms with Gasteiger partial charge >= 0.3 is 6.18 Å². The average Bonchev–Trinajstić information content (AvgIpc) is 3.49. The molecule has 0 saturated carbocycles. The molecule has 2 aromatic heterocycles. The molecule has 3 heterocycles. The van der Waals surface area contributed by atoms with Crippen LogP contribution in [-0.2, 0) is 5.66 Å². The number of carbonyl (C=O) groups is 1. The van der Waals surface area contributed by atoms with E-state index < -0.39 is 17.9 Å². The van der Waals surface area contributed by atoms with Crippen molar-refractivity contribution < 1.29 is 18.0 Å². The molecule has 0 bridgehead atoms. The van der Waals surface area contributed by atoms with Crippen molar-refractivity contribution in [1.29, 1.82) is 0 Å². The van der Waals surface area contributed by atoms with Gasteiger partial charge in [-0.05, 0) is 43.2 Å². The van der Waals surface area contributed by atoms with E-state index in [2.05, 4.69) is 26.1 Å². The number of nitrogens with one attached hydrogen (secondary N) is 3. The summed E-state index contributed by atoms with van der Waals surface area (Å²) in [6.45, 7) is 3.50. The van der Waals surface area contributed by atoms with Gasteiger partial charge in [0.1, 0.15) is 0 Å². The van der Waals surface area contributed by atoms with Crippen molar-refractivity contribution >= 4 is 16.9 Å². The van der Waals surface area contributed by atoms with E-state index in [-0.39, 0.29) is 11.5 Å². The van der Waals surface area contributed by atoms with Gasteiger partial charge in [0.25, 0.3) is 5.91 Å². The fraction of sp³-hybridized carbons (Fsp3) is 0.250. The third-order valence-corrected chi connectivity index (χ3v) is 5.02. The van der Waals surface area contributed by atoms with E-state index in [0.717, 1.165) is 5.39 Å². The highest BCUT2D eigenvalue weighted by Crippen LogP contribution is 2.42. The van der Waals surface area contributed by atoms with Gasteiger partial charge in [-0.1, -0.05) is 24.3 Å². The summed E-state index contributed by atoms with van der Waals surface area (Å²) in [5.41, 5.74) is 4.44. The van der Waals surface area contributed by atoms with E-state index in [1.165, 1.54) is 12.1 Å². The van der Waals surface area contributed by atoms with E-state index in [9.17, 15) is 18.0 Å². The standard InChI is InChI=1S/C20H18F3N5O/c1-11(13-5-7-15(8-6-13)19(27-28-19)20(21,22)23)26-18(29)16-10-14-4-3-9-24-17(14)25-12(16)2/h3-11,27-28H,1-2H3,(H,26,29). The summed E-state index contributed by atoms with van der Waals surface area (Å²) in [6.07, 6.45) is -2.82. The van der Waals surface area contributed by atoms with Crippen LogP contribution in [0.1, 0.15) is 40.1 Å². The van der Waals surface area contributed by atoms with E-state index in [1.54, 1.807) is 44.3 Å². The third kappa shape index (κ3) is 3.43. The number of amides is 1. The first kappa shape index (κ1) is 19.3. The molecule has 6 nitrogen and oxygen atoms in total. The zero-order valence-electron chi connectivity index (χ0n) is 15.6. The quantitative estimate of drug-likeness (QED) is 0.583. The number of benzene rings is 1. The molecule has 3 N–H and O–H groups in total. The molecule has 1 saturated heterocycles. The van der Waals surface area contributed by atoms with Crippen molar-refractivity contribution in [3.8, 4) is 0 Å². The van der Waals surface area contributed by atoms with Crippen LogP contribution in [0.5, 0.6) is 0 Å². The summed E-state index contributed by atoms with van der Waals surface area (Å²) in [5, 5.41) is 3.62. The van der Waals surface area contributed by atoms with Crippen molar-refractivity contribution in [2.75, 3.05) is 0 Å². The van der Waals surface area contributed by atoms with Crippen LogP contribution >= 0.6 is 0 Å². The molecule has 1 fully saturated rings. The lowest BCUT2D eigenvalue weighted by atomic mass is 9.99. The summed E-state index contributed by atoms with van der Waals surface area (Å²) in [5.74, 6) is -0.311. The minimum atomic E-state index is -4.45. The molecular weight excluding hydrogens is 383 g/mol. The Bertz CT molecular complexity index is 1080. The van der Waals surface area contributed by atoms with Crippen molar-refractivity contribution in [2.24, 2.45) is 0 Å². The largest absolute Gasteiger partial charge is 0.426 e. The number of aryl methyl sites for hydroxylation is 1. The molecule has 1 aromatic carbocycles. The molecule has 0 spiro atoms. The maximum absolute atomic E-state index is 13.2. The average molecular weight is 401 g/mol. The summed E-state index contributed by atoms with van der Waals surface area (Å²) in [7, 11) is 0. The van der Waals surface area contributed by atoms with Crippen LogP contribution in [0.25, 0.3) is 11.0 Å². The number of hydrogen-bond acceptors (Lipinski definition) is 5. The molecule has 1 aliphatic heterocycles. The lowest BCUT2D eigenvalue weighted by molar-refractivity contribution is -0.165. The van der Waals surface area contributed by atoms with Gasteiger partial charge in [0, 0.05) is 11.6 Å². The number of pyridine rings is 2. The van der Waals surface area contributed by atoms with Crippen LogP contribution in [0.2, 0.25) is 0 Å². The van der Waals surface area contributed by atoms with Crippen LogP contribution in [0, 0.1) is 6.92 Å². The zero-order chi connectivity index (χ0) is 20.8. The molecule has 1 unspecified atom stereocenters. The number of hydrazine groups is 1. The van der Waals surface area contributed by atoms with E-state index in [0.29, 0.717) is 22.5 Å². The van der Waals surface area contributed by atoms with E-state index in [1.807, 2.05) is 6.07 Å². The van der Waals surface area contributed by atoms with E-state index in [4.69, 9.17) is 0 Å². The first-order valence-electron chi connectivity index (χ1n) is 8.96. The molecule has 1 amide bonds. The maximum Gasteiger partial charge on any atom is 0.426 e. The van der Waals surface area contributed by atoms with Gasteiger partial charge in [-0.15, -0.1) is 0 Å². The summed E-state index contributed by atoms with van der Waals surface area (Å²) < 4.78 is 39.5. The van der Waals surface area contributed by atoms with Gasteiger partial charge < -0.3 is 5.32 Å². The second-order valence-corrected chi connectivity index (χ2v) is 6.99. The number of fused-ring (bicyclic) bond motifs is 1. The highest BCUT2D eigenvalue weighted by Gasteiger charge is 2.65. The Morgan fingerprint density at radius 1 is 1.17 bits per heavy atom. The predicted molar refractivity (Wildman–Crippen MR) is 101 cm³/mol. The zero-order valence-corrected chi connectivity index (χ0v) is 15.6. The molecule has 3 aromatic rings. The van der Waals surface area contributed by atoms with Gasteiger partial charge in [0.2, 0.25) is 5.66 Å². The Balaban J connectivity index is 1.52. The molecule has 1 atom stereocenters. The molecule has 0 radical (unpaired) electrons. The van der Waals surface area contributed by atoms with Crippen molar-refractivity contribution in [3.63, 3.8) is 0 Å². The number of halogens is 3. The van der Waals surface area contributed by atoms with Gasteiger partial charge in [0.05, 0.1) is 17.3 Å². The molecule has 4 rings (SSSR count). The lowest BCUT2D eigenvalue weighted by Crippen LogP contribution is -2.34. The molecular formula is C20H18F3N5O. The second-order valence-electron chi connectivity index (χ2n) is 6.99. The number of alkyl halides is 3. The number of aromatic nitrogens is 2. The number of hydrogen-bond donors (Lipinski definition) is 3. The van der Waals surface area contributed by atoms with Gasteiger partial charge in [-0.2, -0.15) is 13.2 Å². The van der Waals surface area contributed by atoms with E-state index >= 15 is 0 Å². The Morgan fingerprint density at radius 2 is 1.86 bits per heavy atom. The van der Waals surface area contributed by atoms with Crippen LogP contribution < -0.4 is 16.2 Å². The SMILES string of the molecule is Cc1nc2ncccc2cc1C(=O)NC(C)c1ccc(C2(C(F)(F)F)NN2)cc1. The number of rotatable bonds is 4. The highest BCUT2D eigenvalue weighted by molar-refractivity contribution is 5.98. The fourth-order valence-electron chi connectivity index (χ4n) is 3.22. The fourth-order valence-corrected chi connectivity index (χ4v) is 3.22. The van der Waals surface area contributed by atoms with Crippen LogP contribution in [-0.4, -0.2) is 22.1 Å². The third-order valence-electron chi connectivity index (χ3n) is 5.02. The number of nitrogens with zero attached hydrogens (tertiary/aromatic N) is 2. The van der Waals surface area contributed by atoms with Crippen LogP contribution in [0.15, 0.2) is 48.7 Å². The Kier molecular flexibility index (Phi) is 4.51. The summed E-state index contributed by atoms with van der Waals surface area (Å²) in [4.78, 5) is 21.2. The van der Waals surface area contributed by atoms with Crippen LogP contribution in [0.3, 0.4) is 0 Å². The molecule has 1 aliphatic rings. The second kappa shape index (κ2) is 6.78. The van der Waals surface area contributed by atoms with Crippen molar-refractivity contribution in [2.45, 2.75) is 31.7 Å². The minimum absolute atomic E-state index is 0.0642. The highest BCUT2D eigenvalue weighted by atomic mass is 19.4. The molecule has 29 heavy (non-hydrogen) atoms. The lowest BCUT2D eigenvalue weighted by Gasteiger charge is -2.19. The topological polar surface area (TPSA) is 98.8 Å². The monoisotopic (exact) mass is 401 g/mol. The van der Waals surface area contributed by atoms with Gasteiger partial charge in [-0.25, -0.2) is 20.8 Å². The summed E-state index contributed by atoms with van der Waals surface area (Å²) in [6, 6.07) is 10.9. The Morgan fingerprint density at radius 3 is 2.48 bits per heavy atom. The molecule has 9 heteroatoms. The number of carbonyl (C=O) groups excluding carboxylic acids is 1. The normalized spacial score (nSPS) is 16.4. The first-order valence-corrected chi connectivity index (χ1v) is 8.96. The maximum atomic E-state index is 13.2. The van der Waals surface area contributed by atoms with Crippen molar-refractivity contribution in [3.05, 3.63) is 71.0 Å². The smallest absolute Gasteiger partial charge is 0.345 e. The van der Waals surface area contributed by atoms with Gasteiger partial charge in [0.15, 0.2) is 5.65 Å². The molecule has 0 aliphatic carbocycles. The first-order chi connectivity index (χ1) is 13.7. The Hall–Kier alpha value is -3.04. The van der Waals surface area contributed by atoms with Gasteiger partial charge in [-0.3, -0.25) is 4.79 Å². The van der Waals surface area contributed by atoms with Crippen molar-refractivity contribution in [1.82, 2.24) is 26.1 Å². The predicted octanol–water partition coefficient (Wildman–Crippen LogP) is 3.25. The Labute approximate surface area is 164 Å². The molecule has 150 valence electrons. The minimum Gasteiger partial charge on any atom is -0.345 e. The van der Waals surface area contributed by atoms with Crippen LogP contribution in [0.4, 0.5) is 13.2 Å².